The first-order valence-corrected chi connectivity index (χ1v) is 14.1. The molecule has 0 spiro atoms. The minimum Gasteiger partial charge on any atom is -0.317 e. The zero-order valence-electron chi connectivity index (χ0n) is 20.7. The van der Waals surface area contributed by atoms with Crippen molar-refractivity contribution in [3.8, 4) is 0 Å². The Morgan fingerprint density at radius 3 is 2.14 bits per heavy atom. The number of hydrogen-bond donors (Lipinski definition) is 3. The molecule has 1 aliphatic heterocycles. The molecule has 0 unspecified atom stereocenters. The third kappa shape index (κ3) is 4.72. The average Bonchev–Trinajstić information content (AvgIpc) is 3.58. The van der Waals surface area contributed by atoms with Crippen LogP contribution in [0.25, 0.3) is 0 Å². The molecule has 8 nitrogen and oxygen atoms in total. The van der Waals surface area contributed by atoms with E-state index in [4.69, 9.17) is 0 Å². The predicted molar refractivity (Wildman–Crippen MR) is 140 cm³/mol. The van der Waals surface area contributed by atoms with Crippen molar-refractivity contribution in [2.24, 2.45) is 0 Å². The van der Waals surface area contributed by atoms with Crippen molar-refractivity contribution in [2.75, 3.05) is 23.7 Å². The normalized spacial score (nSPS) is 16.7. The lowest BCUT2D eigenvalue weighted by Gasteiger charge is -2.18. The molecule has 3 aliphatic rings. The summed E-state index contributed by atoms with van der Waals surface area (Å²) < 4.78 is 27.9. The van der Waals surface area contributed by atoms with Crippen LogP contribution in [0.2, 0.25) is 0 Å². The number of hydrogen-bond acceptors (Lipinski definition) is 4. The van der Waals surface area contributed by atoms with E-state index in [1.165, 1.54) is 46.5 Å². The van der Waals surface area contributed by atoms with Crippen molar-refractivity contribution >= 4 is 33.5 Å². The van der Waals surface area contributed by atoms with Crippen LogP contribution in [0.4, 0.5) is 21.0 Å². The zero-order valence-corrected chi connectivity index (χ0v) is 21.6. The maximum Gasteiger partial charge on any atom is 0.333 e. The van der Waals surface area contributed by atoms with Crippen molar-refractivity contribution in [2.45, 2.75) is 63.7 Å². The first kappa shape index (κ1) is 24.4. The second kappa shape index (κ2) is 9.61. The fourth-order valence-electron chi connectivity index (χ4n) is 5.58. The van der Waals surface area contributed by atoms with Crippen LogP contribution in [0.3, 0.4) is 0 Å². The van der Waals surface area contributed by atoms with Crippen LogP contribution in [0.1, 0.15) is 55.4 Å². The number of anilines is 2. The van der Waals surface area contributed by atoms with E-state index in [2.05, 4.69) is 28.3 Å². The van der Waals surface area contributed by atoms with Crippen molar-refractivity contribution in [1.29, 1.82) is 0 Å². The quantitative estimate of drug-likeness (QED) is 0.507. The Bertz CT molecular complexity index is 1330. The number of nitrogens with zero attached hydrogens (tertiary/aromatic N) is 1. The summed E-state index contributed by atoms with van der Waals surface area (Å²) >= 11 is 0. The fraction of sp³-hybridized carbons (Fsp3) is 0.407. The summed E-state index contributed by atoms with van der Waals surface area (Å²) in [6, 6.07) is 7.09. The minimum atomic E-state index is -4.08. The molecule has 190 valence electrons. The van der Waals surface area contributed by atoms with Gasteiger partial charge in [0.2, 0.25) is 0 Å². The molecule has 2 aromatic carbocycles. The molecular weight excluding hydrogens is 476 g/mol. The molecule has 0 saturated heterocycles. The van der Waals surface area contributed by atoms with E-state index < -0.39 is 16.1 Å². The summed E-state index contributed by atoms with van der Waals surface area (Å²) in [5, 5.41) is 5.67. The van der Waals surface area contributed by atoms with Crippen LogP contribution < -0.4 is 15.4 Å². The molecule has 5 rings (SSSR count). The molecular formula is C27H32N4O4S. The number of amides is 4. The van der Waals surface area contributed by atoms with Crippen molar-refractivity contribution in [3.63, 3.8) is 0 Å². The second-order valence-corrected chi connectivity index (χ2v) is 11.5. The molecule has 0 atom stereocenters. The molecule has 0 aromatic heterocycles. The average molecular weight is 509 g/mol. The Morgan fingerprint density at radius 1 is 0.917 bits per heavy atom. The number of carbonyl (C=O) groups excluding carboxylic acids is 2. The van der Waals surface area contributed by atoms with Gasteiger partial charge in [0.05, 0.1) is 4.90 Å². The Balaban J connectivity index is 1.23. The molecule has 36 heavy (non-hydrogen) atoms. The SMILES string of the molecule is CCC1=C(C)CN(C(=O)Nc2ccc(S(=O)(=O)NC(=O)Nc3c4c(cc5c3CCC5)CCC4)cc2)C1. The highest BCUT2D eigenvalue weighted by Crippen LogP contribution is 2.38. The third-order valence-corrected chi connectivity index (χ3v) is 8.83. The van der Waals surface area contributed by atoms with Gasteiger partial charge >= 0.3 is 12.1 Å². The second-order valence-electron chi connectivity index (χ2n) is 9.84. The Kier molecular flexibility index (Phi) is 6.51. The van der Waals surface area contributed by atoms with Gasteiger partial charge < -0.3 is 15.5 Å². The van der Waals surface area contributed by atoms with Crippen LogP contribution in [-0.2, 0) is 35.7 Å². The first-order valence-electron chi connectivity index (χ1n) is 12.6. The number of sulfonamides is 1. The van der Waals surface area contributed by atoms with E-state index in [-0.39, 0.29) is 10.9 Å². The topological polar surface area (TPSA) is 108 Å². The van der Waals surface area contributed by atoms with Crippen molar-refractivity contribution < 1.29 is 18.0 Å². The van der Waals surface area contributed by atoms with E-state index in [9.17, 15) is 18.0 Å². The number of benzene rings is 2. The number of carbonyl (C=O) groups is 2. The summed E-state index contributed by atoms with van der Waals surface area (Å²) in [6.45, 7) is 5.31. The molecule has 3 N–H and O–H groups in total. The number of aryl methyl sites for hydroxylation is 2. The van der Waals surface area contributed by atoms with Gasteiger partial charge in [-0.15, -0.1) is 0 Å². The third-order valence-electron chi connectivity index (χ3n) is 7.48. The smallest absolute Gasteiger partial charge is 0.317 e. The zero-order chi connectivity index (χ0) is 25.4. The van der Waals surface area contributed by atoms with Crippen LogP contribution in [0, 0.1) is 0 Å². The Morgan fingerprint density at radius 2 is 1.56 bits per heavy atom. The van der Waals surface area contributed by atoms with Gasteiger partial charge in [-0.3, -0.25) is 0 Å². The molecule has 1 heterocycles. The number of nitrogens with one attached hydrogen (secondary N) is 3. The summed E-state index contributed by atoms with van der Waals surface area (Å²) in [7, 11) is -4.08. The predicted octanol–water partition coefficient (Wildman–Crippen LogP) is 4.75. The van der Waals surface area contributed by atoms with Crippen LogP contribution >= 0.6 is 0 Å². The maximum atomic E-state index is 12.9. The van der Waals surface area contributed by atoms with Gasteiger partial charge in [-0.2, -0.15) is 0 Å². The largest absolute Gasteiger partial charge is 0.333 e. The van der Waals surface area contributed by atoms with E-state index in [1.807, 2.05) is 6.92 Å². The van der Waals surface area contributed by atoms with Gasteiger partial charge in [-0.25, -0.2) is 22.7 Å². The number of urea groups is 2. The van der Waals surface area contributed by atoms with E-state index >= 15 is 0 Å². The van der Waals surface area contributed by atoms with Gasteiger partial charge in [0, 0.05) is 24.5 Å². The first-order chi connectivity index (χ1) is 17.2. The Labute approximate surface area is 212 Å². The summed E-state index contributed by atoms with van der Waals surface area (Å²) in [5.74, 6) is 0. The van der Waals surface area contributed by atoms with Gasteiger partial charge in [0.25, 0.3) is 10.0 Å². The fourth-order valence-corrected chi connectivity index (χ4v) is 6.49. The molecule has 2 aromatic rings. The van der Waals surface area contributed by atoms with Crippen LogP contribution in [0.15, 0.2) is 46.4 Å². The van der Waals surface area contributed by atoms with Gasteiger partial charge in [0.15, 0.2) is 0 Å². The van der Waals surface area contributed by atoms with Gasteiger partial charge in [0.1, 0.15) is 0 Å². The number of fused-ring (bicyclic) bond motifs is 2. The monoisotopic (exact) mass is 508 g/mol. The number of rotatable bonds is 5. The van der Waals surface area contributed by atoms with Gasteiger partial charge in [-0.05, 0) is 98.4 Å². The highest BCUT2D eigenvalue weighted by atomic mass is 32.2. The van der Waals surface area contributed by atoms with E-state index in [0.29, 0.717) is 18.8 Å². The highest BCUT2D eigenvalue weighted by molar-refractivity contribution is 7.90. The molecule has 0 bridgehead atoms. The van der Waals surface area contributed by atoms with Crippen LogP contribution in [0.5, 0.6) is 0 Å². The van der Waals surface area contributed by atoms with Gasteiger partial charge in [-0.1, -0.05) is 24.1 Å². The molecule has 0 radical (unpaired) electrons. The van der Waals surface area contributed by atoms with E-state index in [0.717, 1.165) is 61.8 Å². The lowest BCUT2D eigenvalue weighted by molar-refractivity contribution is 0.223. The molecule has 9 heteroatoms. The lowest BCUT2D eigenvalue weighted by Crippen LogP contribution is -2.35. The lowest BCUT2D eigenvalue weighted by atomic mass is 9.99. The van der Waals surface area contributed by atoms with Crippen molar-refractivity contribution in [3.05, 3.63) is 63.7 Å². The highest BCUT2D eigenvalue weighted by Gasteiger charge is 2.27. The van der Waals surface area contributed by atoms with E-state index in [1.54, 1.807) is 4.90 Å². The summed E-state index contributed by atoms with van der Waals surface area (Å²) in [6.07, 6.45) is 6.78. The minimum absolute atomic E-state index is 0.0499. The molecule has 2 aliphatic carbocycles. The molecule has 0 saturated carbocycles. The molecule has 0 fully saturated rings. The molecule has 4 amide bonds. The Hall–Kier alpha value is -3.33. The summed E-state index contributed by atoms with van der Waals surface area (Å²) in [4.78, 5) is 27.0. The van der Waals surface area contributed by atoms with Crippen LogP contribution in [-0.4, -0.2) is 38.5 Å². The summed E-state index contributed by atoms with van der Waals surface area (Å²) in [5.41, 5.74) is 8.55. The maximum absolute atomic E-state index is 12.9. The standard InChI is InChI=1S/C27H32N4O4S/c1-3-18-16-31(15-17(18)2)27(33)28-21-10-12-22(13-11-21)36(34,35)30-26(32)29-25-23-8-4-6-19(23)14-20-7-5-9-24(20)25/h10-14H,3-9,15-16H2,1-2H3,(H,28,33)(H2,29,30,32). The van der Waals surface area contributed by atoms with Crippen molar-refractivity contribution in [1.82, 2.24) is 9.62 Å².